The van der Waals surface area contributed by atoms with Gasteiger partial charge in [0.15, 0.2) is 5.82 Å². The normalized spacial score (nSPS) is 13.7. The Morgan fingerprint density at radius 2 is 2.29 bits per heavy atom. The van der Waals surface area contributed by atoms with Crippen molar-refractivity contribution in [3.63, 3.8) is 0 Å². The molecule has 2 aromatic rings. The van der Waals surface area contributed by atoms with E-state index in [4.69, 9.17) is 5.73 Å². The molecular formula is C14H18N6O. The van der Waals surface area contributed by atoms with E-state index in [9.17, 15) is 4.79 Å². The predicted octanol–water partition coefficient (Wildman–Crippen LogP) is 1.38. The maximum absolute atomic E-state index is 11.4. The average Bonchev–Trinajstić information content (AvgIpc) is 2.92. The SMILES string of the molecule is CCn1cnnc1CNc1cc2c(cc1N)NC(=O)CC2. The van der Waals surface area contributed by atoms with E-state index in [0.29, 0.717) is 18.7 Å². The summed E-state index contributed by atoms with van der Waals surface area (Å²) in [6, 6.07) is 3.80. The molecular weight excluding hydrogens is 268 g/mol. The summed E-state index contributed by atoms with van der Waals surface area (Å²) >= 11 is 0. The Morgan fingerprint density at radius 1 is 1.43 bits per heavy atom. The van der Waals surface area contributed by atoms with Crippen LogP contribution in [0, 0.1) is 0 Å². The van der Waals surface area contributed by atoms with Gasteiger partial charge in [-0.2, -0.15) is 0 Å². The van der Waals surface area contributed by atoms with Crippen molar-refractivity contribution in [3.05, 3.63) is 29.8 Å². The van der Waals surface area contributed by atoms with Gasteiger partial charge in [-0.15, -0.1) is 10.2 Å². The van der Waals surface area contributed by atoms with Gasteiger partial charge in [0.1, 0.15) is 6.33 Å². The number of carbonyl (C=O) groups excluding carboxylic acids is 1. The first kappa shape index (κ1) is 13.4. The number of rotatable bonds is 4. The molecule has 110 valence electrons. The minimum Gasteiger partial charge on any atom is -0.397 e. The van der Waals surface area contributed by atoms with Crippen LogP contribution >= 0.6 is 0 Å². The second-order valence-electron chi connectivity index (χ2n) is 5.03. The van der Waals surface area contributed by atoms with Crippen molar-refractivity contribution < 1.29 is 4.79 Å². The van der Waals surface area contributed by atoms with Gasteiger partial charge in [0.2, 0.25) is 5.91 Å². The molecule has 2 heterocycles. The number of aromatic nitrogens is 3. The zero-order valence-corrected chi connectivity index (χ0v) is 11.9. The highest BCUT2D eigenvalue weighted by atomic mass is 16.1. The van der Waals surface area contributed by atoms with Crippen LogP contribution in [0.2, 0.25) is 0 Å². The second kappa shape index (κ2) is 5.43. The lowest BCUT2D eigenvalue weighted by molar-refractivity contribution is -0.116. The van der Waals surface area contributed by atoms with Gasteiger partial charge in [-0.1, -0.05) is 0 Å². The van der Waals surface area contributed by atoms with E-state index in [0.717, 1.165) is 35.7 Å². The Labute approximate surface area is 122 Å². The van der Waals surface area contributed by atoms with Crippen LogP contribution in [0.5, 0.6) is 0 Å². The minimum atomic E-state index is 0.0404. The minimum absolute atomic E-state index is 0.0404. The molecule has 1 amide bonds. The summed E-state index contributed by atoms with van der Waals surface area (Å²) in [6.07, 6.45) is 2.96. The van der Waals surface area contributed by atoms with Crippen molar-refractivity contribution in [2.75, 3.05) is 16.4 Å². The molecule has 0 bridgehead atoms. The number of anilines is 3. The number of nitrogens with one attached hydrogen (secondary N) is 2. The summed E-state index contributed by atoms with van der Waals surface area (Å²) in [4.78, 5) is 11.4. The van der Waals surface area contributed by atoms with Gasteiger partial charge in [0.25, 0.3) is 0 Å². The Hall–Kier alpha value is -2.57. The number of fused-ring (bicyclic) bond motifs is 1. The van der Waals surface area contributed by atoms with E-state index in [1.807, 2.05) is 17.6 Å². The van der Waals surface area contributed by atoms with E-state index in [2.05, 4.69) is 20.8 Å². The molecule has 1 aliphatic rings. The quantitative estimate of drug-likeness (QED) is 0.738. The van der Waals surface area contributed by atoms with E-state index in [1.54, 1.807) is 12.4 Å². The third-order valence-corrected chi connectivity index (χ3v) is 3.64. The number of nitrogens with zero attached hydrogens (tertiary/aromatic N) is 3. The van der Waals surface area contributed by atoms with Crippen LogP contribution in [0.1, 0.15) is 24.7 Å². The van der Waals surface area contributed by atoms with Crippen LogP contribution in [-0.4, -0.2) is 20.7 Å². The van der Waals surface area contributed by atoms with Gasteiger partial charge in [0, 0.05) is 18.7 Å². The third-order valence-electron chi connectivity index (χ3n) is 3.64. The van der Waals surface area contributed by atoms with Crippen molar-refractivity contribution >= 4 is 23.0 Å². The third kappa shape index (κ3) is 2.67. The van der Waals surface area contributed by atoms with Gasteiger partial charge in [-0.3, -0.25) is 4.79 Å². The van der Waals surface area contributed by atoms with E-state index >= 15 is 0 Å². The van der Waals surface area contributed by atoms with Crippen molar-refractivity contribution in [1.29, 1.82) is 0 Å². The van der Waals surface area contributed by atoms with E-state index in [-0.39, 0.29) is 5.91 Å². The first-order valence-corrected chi connectivity index (χ1v) is 7.00. The zero-order chi connectivity index (χ0) is 14.8. The number of amides is 1. The molecule has 1 aromatic heterocycles. The number of hydrogen-bond acceptors (Lipinski definition) is 5. The zero-order valence-electron chi connectivity index (χ0n) is 11.9. The molecule has 7 nitrogen and oxygen atoms in total. The molecule has 3 rings (SSSR count). The molecule has 0 radical (unpaired) electrons. The molecule has 1 aliphatic heterocycles. The largest absolute Gasteiger partial charge is 0.397 e. The lowest BCUT2D eigenvalue weighted by Crippen LogP contribution is -2.19. The molecule has 0 fully saturated rings. The Balaban J connectivity index is 1.78. The summed E-state index contributed by atoms with van der Waals surface area (Å²) in [5, 5.41) is 14.1. The van der Waals surface area contributed by atoms with Crippen LogP contribution in [0.3, 0.4) is 0 Å². The number of carbonyl (C=O) groups is 1. The maximum atomic E-state index is 11.4. The van der Waals surface area contributed by atoms with Crippen LogP contribution in [0.25, 0.3) is 0 Å². The fourth-order valence-electron chi connectivity index (χ4n) is 2.45. The highest BCUT2D eigenvalue weighted by molar-refractivity contribution is 5.95. The highest BCUT2D eigenvalue weighted by Crippen LogP contribution is 2.31. The lowest BCUT2D eigenvalue weighted by Gasteiger charge is -2.19. The molecule has 0 saturated heterocycles. The number of nitrogens with two attached hydrogens (primary N) is 1. The van der Waals surface area contributed by atoms with Gasteiger partial charge >= 0.3 is 0 Å². The molecule has 7 heteroatoms. The van der Waals surface area contributed by atoms with Crippen LogP contribution in [0.4, 0.5) is 17.1 Å². The number of benzene rings is 1. The molecule has 0 atom stereocenters. The van der Waals surface area contributed by atoms with Crippen molar-refractivity contribution in [2.45, 2.75) is 32.9 Å². The molecule has 0 aliphatic carbocycles. The molecule has 21 heavy (non-hydrogen) atoms. The number of hydrogen-bond donors (Lipinski definition) is 3. The standard InChI is InChI=1S/C14H18N6O/c1-2-20-8-17-19-13(20)7-16-12-5-9-3-4-14(21)18-11(9)6-10(12)15/h5-6,8,16H,2-4,7,15H2,1H3,(H,18,21). The van der Waals surface area contributed by atoms with Crippen molar-refractivity contribution in [3.8, 4) is 0 Å². The summed E-state index contributed by atoms with van der Waals surface area (Å²) in [5.74, 6) is 0.904. The van der Waals surface area contributed by atoms with E-state index in [1.165, 1.54) is 0 Å². The fraction of sp³-hybridized carbons (Fsp3) is 0.357. The van der Waals surface area contributed by atoms with Gasteiger partial charge < -0.3 is 20.9 Å². The Kier molecular flexibility index (Phi) is 3.47. The van der Waals surface area contributed by atoms with Crippen molar-refractivity contribution in [2.24, 2.45) is 0 Å². The summed E-state index contributed by atoms with van der Waals surface area (Å²) in [7, 11) is 0. The Morgan fingerprint density at radius 3 is 3.10 bits per heavy atom. The van der Waals surface area contributed by atoms with Gasteiger partial charge in [0.05, 0.1) is 17.9 Å². The lowest BCUT2D eigenvalue weighted by atomic mass is 10.0. The Bertz CT molecular complexity index is 678. The first-order valence-electron chi connectivity index (χ1n) is 7.00. The summed E-state index contributed by atoms with van der Waals surface area (Å²) < 4.78 is 1.97. The topological polar surface area (TPSA) is 97.9 Å². The molecule has 4 N–H and O–H groups in total. The number of aryl methyl sites for hydroxylation is 2. The predicted molar refractivity (Wildman–Crippen MR) is 80.8 cm³/mol. The summed E-state index contributed by atoms with van der Waals surface area (Å²) in [5.41, 5.74) is 9.42. The molecule has 0 saturated carbocycles. The van der Waals surface area contributed by atoms with Gasteiger partial charge in [-0.05, 0) is 31.0 Å². The first-order chi connectivity index (χ1) is 10.2. The molecule has 0 unspecified atom stereocenters. The van der Waals surface area contributed by atoms with Crippen molar-refractivity contribution in [1.82, 2.24) is 14.8 Å². The van der Waals surface area contributed by atoms with Crippen LogP contribution in [0.15, 0.2) is 18.5 Å². The maximum Gasteiger partial charge on any atom is 0.224 e. The smallest absolute Gasteiger partial charge is 0.224 e. The highest BCUT2D eigenvalue weighted by Gasteiger charge is 2.16. The van der Waals surface area contributed by atoms with E-state index < -0.39 is 0 Å². The molecule has 0 spiro atoms. The van der Waals surface area contributed by atoms with Crippen LogP contribution in [-0.2, 0) is 24.3 Å². The number of nitrogen functional groups attached to an aromatic ring is 1. The average molecular weight is 286 g/mol. The monoisotopic (exact) mass is 286 g/mol. The fourth-order valence-corrected chi connectivity index (χ4v) is 2.45. The second-order valence-corrected chi connectivity index (χ2v) is 5.03. The molecule has 1 aromatic carbocycles. The summed E-state index contributed by atoms with van der Waals surface area (Å²) in [6.45, 7) is 3.43. The van der Waals surface area contributed by atoms with Crippen LogP contribution < -0.4 is 16.4 Å². The van der Waals surface area contributed by atoms with Gasteiger partial charge in [-0.25, -0.2) is 0 Å².